The third-order valence-corrected chi connectivity index (χ3v) is 4.45. The molecule has 5 nitrogen and oxygen atoms in total. The Labute approximate surface area is 171 Å². The van der Waals surface area contributed by atoms with Crippen LogP contribution in [-0.2, 0) is 19.1 Å². The van der Waals surface area contributed by atoms with Gasteiger partial charge in [-0.1, -0.05) is 79.9 Å². The molecule has 0 bridgehead atoms. The van der Waals surface area contributed by atoms with E-state index in [0.717, 1.165) is 5.56 Å². The maximum atomic E-state index is 12.0. The first-order valence-electron chi connectivity index (χ1n) is 9.30. The third-order valence-electron chi connectivity index (χ3n) is 4.45. The Morgan fingerprint density at radius 1 is 1.31 bits per heavy atom. The summed E-state index contributed by atoms with van der Waals surface area (Å²) in [4.78, 5) is 24.0. The minimum Gasteiger partial charge on any atom is -0.478 e. The smallest absolute Gasteiger partial charge is 0.333 e. The van der Waals surface area contributed by atoms with Gasteiger partial charge in [-0.15, -0.1) is 0 Å². The Bertz CT molecular complexity index is 843. The fourth-order valence-electron chi connectivity index (χ4n) is 2.62. The number of benzene rings is 1. The van der Waals surface area contributed by atoms with Gasteiger partial charge in [0, 0.05) is 16.6 Å². The zero-order valence-corrected chi connectivity index (χ0v) is 16.5. The maximum absolute atomic E-state index is 12.0. The zero-order valence-electron chi connectivity index (χ0n) is 16.5. The number of ether oxygens (including phenoxy) is 2. The van der Waals surface area contributed by atoms with Gasteiger partial charge in [0.25, 0.3) is 0 Å². The molecule has 0 aromatic heterocycles. The molecule has 29 heavy (non-hydrogen) atoms. The van der Waals surface area contributed by atoms with Gasteiger partial charge < -0.3 is 14.6 Å². The van der Waals surface area contributed by atoms with Gasteiger partial charge in [0.15, 0.2) is 0 Å². The SMILES string of the molecule is C=CC=CC(C)(C=Cc1ccccc1)C(=CCC(=C)C(=O)OCC1CO1)C(=O)O. The molecule has 1 aliphatic heterocycles. The predicted molar refractivity (Wildman–Crippen MR) is 113 cm³/mol. The Balaban J connectivity index is 2.21. The molecule has 0 spiro atoms. The Hall–Kier alpha value is -3.18. The maximum Gasteiger partial charge on any atom is 0.333 e. The van der Waals surface area contributed by atoms with Crippen LogP contribution in [0.25, 0.3) is 6.08 Å². The van der Waals surface area contributed by atoms with Gasteiger partial charge in [0.2, 0.25) is 0 Å². The van der Waals surface area contributed by atoms with Crippen molar-refractivity contribution in [2.75, 3.05) is 13.2 Å². The molecular weight excluding hydrogens is 368 g/mol. The molecular formula is C24H26O5. The fraction of sp³-hybridized carbons (Fsp3) is 0.250. The van der Waals surface area contributed by atoms with Crippen LogP contribution in [0.4, 0.5) is 0 Å². The quantitative estimate of drug-likeness (QED) is 0.261. The van der Waals surface area contributed by atoms with Gasteiger partial charge in [0.05, 0.1) is 6.61 Å². The first-order valence-corrected chi connectivity index (χ1v) is 9.30. The van der Waals surface area contributed by atoms with E-state index in [-0.39, 0.29) is 30.3 Å². The molecule has 1 saturated heterocycles. The van der Waals surface area contributed by atoms with Gasteiger partial charge >= 0.3 is 11.9 Å². The van der Waals surface area contributed by atoms with Crippen LogP contribution in [0.5, 0.6) is 0 Å². The van der Waals surface area contributed by atoms with Crippen LogP contribution < -0.4 is 0 Å². The van der Waals surface area contributed by atoms with E-state index in [1.165, 1.54) is 6.08 Å². The Morgan fingerprint density at radius 2 is 2.00 bits per heavy atom. The number of aliphatic carboxylic acids is 1. The fourth-order valence-corrected chi connectivity index (χ4v) is 2.62. The van der Waals surface area contributed by atoms with Crippen molar-refractivity contribution in [3.05, 3.63) is 90.6 Å². The van der Waals surface area contributed by atoms with Crippen LogP contribution in [0.3, 0.4) is 0 Å². The number of carbonyl (C=O) groups is 2. The van der Waals surface area contributed by atoms with E-state index in [9.17, 15) is 14.7 Å². The number of rotatable bonds is 11. The van der Waals surface area contributed by atoms with E-state index in [1.807, 2.05) is 42.5 Å². The highest BCUT2D eigenvalue weighted by Crippen LogP contribution is 2.33. The molecule has 2 rings (SSSR count). The van der Waals surface area contributed by atoms with Crippen molar-refractivity contribution in [3.8, 4) is 0 Å². The molecule has 0 aliphatic carbocycles. The number of esters is 1. The number of allylic oxidation sites excluding steroid dienone is 5. The normalized spacial score (nSPS) is 18.4. The zero-order chi connectivity index (χ0) is 21.3. The van der Waals surface area contributed by atoms with Crippen molar-refractivity contribution in [2.45, 2.75) is 19.4 Å². The van der Waals surface area contributed by atoms with Crippen molar-refractivity contribution in [2.24, 2.45) is 5.41 Å². The predicted octanol–water partition coefficient (Wildman–Crippen LogP) is 4.35. The minimum atomic E-state index is -1.08. The molecule has 2 atom stereocenters. The van der Waals surface area contributed by atoms with Crippen molar-refractivity contribution in [1.82, 2.24) is 0 Å². The summed E-state index contributed by atoms with van der Waals surface area (Å²) < 4.78 is 10.1. The van der Waals surface area contributed by atoms with Crippen molar-refractivity contribution < 1.29 is 24.2 Å². The van der Waals surface area contributed by atoms with Gasteiger partial charge in [-0.05, 0) is 18.9 Å². The van der Waals surface area contributed by atoms with E-state index in [2.05, 4.69) is 13.2 Å². The van der Waals surface area contributed by atoms with E-state index in [4.69, 9.17) is 9.47 Å². The Kier molecular flexibility index (Phi) is 7.92. The first kappa shape index (κ1) is 22.1. The van der Waals surface area contributed by atoms with E-state index in [1.54, 1.807) is 25.2 Å². The van der Waals surface area contributed by atoms with Crippen molar-refractivity contribution in [1.29, 1.82) is 0 Å². The first-order chi connectivity index (χ1) is 13.9. The standard InChI is InChI=1S/C24H26O5/c1-4-5-14-24(3,15-13-19-9-7-6-8-10-19)21(22(25)26)12-11-18(2)23(27)29-17-20-16-28-20/h4-10,12-15,20H,1-2,11,16-17H2,3H3,(H,25,26). The minimum absolute atomic E-state index is 0.0349. The van der Waals surface area contributed by atoms with Crippen LogP contribution in [0.2, 0.25) is 0 Å². The summed E-state index contributed by atoms with van der Waals surface area (Å²) in [6.07, 6.45) is 10.3. The molecule has 0 amide bonds. The van der Waals surface area contributed by atoms with Crippen LogP contribution >= 0.6 is 0 Å². The van der Waals surface area contributed by atoms with Gasteiger partial charge in [-0.2, -0.15) is 0 Å². The summed E-state index contributed by atoms with van der Waals surface area (Å²) >= 11 is 0. The lowest BCUT2D eigenvalue weighted by Gasteiger charge is -2.23. The topological polar surface area (TPSA) is 76.1 Å². The van der Waals surface area contributed by atoms with E-state index >= 15 is 0 Å². The Morgan fingerprint density at radius 3 is 2.59 bits per heavy atom. The van der Waals surface area contributed by atoms with Gasteiger partial charge in [-0.25, -0.2) is 9.59 Å². The highest BCUT2D eigenvalue weighted by atomic mass is 16.6. The summed E-state index contributed by atoms with van der Waals surface area (Å²) in [7, 11) is 0. The van der Waals surface area contributed by atoms with Crippen LogP contribution in [0, 0.1) is 5.41 Å². The molecule has 152 valence electrons. The van der Waals surface area contributed by atoms with E-state index < -0.39 is 17.4 Å². The number of carboxylic acid groups (broad SMARTS) is 1. The highest BCUT2D eigenvalue weighted by molar-refractivity contribution is 5.91. The number of epoxide rings is 1. The lowest BCUT2D eigenvalue weighted by atomic mass is 9.80. The largest absolute Gasteiger partial charge is 0.478 e. The second-order valence-corrected chi connectivity index (χ2v) is 6.91. The summed E-state index contributed by atoms with van der Waals surface area (Å²) in [5, 5.41) is 9.82. The molecule has 2 unspecified atom stereocenters. The molecule has 5 heteroatoms. The second-order valence-electron chi connectivity index (χ2n) is 6.91. The number of hydrogen-bond acceptors (Lipinski definition) is 4. The summed E-state index contributed by atoms with van der Waals surface area (Å²) in [5.41, 5.74) is 0.349. The molecule has 0 saturated carbocycles. The average Bonchev–Trinajstić information content (AvgIpc) is 3.54. The molecule has 1 fully saturated rings. The van der Waals surface area contributed by atoms with Gasteiger partial charge in [-0.3, -0.25) is 0 Å². The monoisotopic (exact) mass is 394 g/mol. The number of carbonyl (C=O) groups excluding carboxylic acids is 1. The third kappa shape index (κ3) is 7.05. The number of carboxylic acids is 1. The van der Waals surface area contributed by atoms with Crippen LogP contribution in [0.15, 0.2) is 85.0 Å². The molecule has 1 aromatic rings. The molecule has 1 N–H and O–H groups in total. The average molecular weight is 394 g/mol. The van der Waals surface area contributed by atoms with Crippen molar-refractivity contribution in [3.63, 3.8) is 0 Å². The van der Waals surface area contributed by atoms with Crippen LogP contribution in [0.1, 0.15) is 18.9 Å². The summed E-state index contributed by atoms with van der Waals surface area (Å²) in [6, 6.07) is 9.59. The van der Waals surface area contributed by atoms with E-state index in [0.29, 0.717) is 6.61 Å². The van der Waals surface area contributed by atoms with Crippen molar-refractivity contribution >= 4 is 18.0 Å². The second kappa shape index (κ2) is 10.4. The molecule has 0 radical (unpaired) electrons. The molecule has 1 heterocycles. The van der Waals surface area contributed by atoms with Gasteiger partial charge in [0.1, 0.15) is 12.7 Å². The number of hydrogen-bond donors (Lipinski definition) is 1. The van der Waals surface area contributed by atoms with Crippen LogP contribution in [-0.4, -0.2) is 36.4 Å². The lowest BCUT2D eigenvalue weighted by Crippen LogP contribution is -2.21. The molecule has 1 aliphatic rings. The summed E-state index contributed by atoms with van der Waals surface area (Å²) in [5.74, 6) is -1.63. The highest BCUT2D eigenvalue weighted by Gasteiger charge is 2.29. The summed E-state index contributed by atoms with van der Waals surface area (Å²) in [6.45, 7) is 9.94. The lowest BCUT2D eigenvalue weighted by molar-refractivity contribution is -0.139. The molecule has 1 aromatic carbocycles.